The summed E-state index contributed by atoms with van der Waals surface area (Å²) in [4.78, 5) is 18.5. The quantitative estimate of drug-likeness (QED) is 0.188. The van der Waals surface area contributed by atoms with E-state index in [-0.39, 0.29) is 5.91 Å². The molecule has 5 rings (SSSR count). The third kappa shape index (κ3) is 6.41. The highest BCUT2D eigenvalue weighted by atomic mass is 32.2. The van der Waals surface area contributed by atoms with E-state index in [9.17, 15) is 4.79 Å². The predicted octanol–water partition coefficient (Wildman–Crippen LogP) is 6.99. The van der Waals surface area contributed by atoms with Crippen LogP contribution in [-0.4, -0.2) is 33.0 Å². The Bertz CT molecular complexity index is 1550. The molecule has 1 aliphatic heterocycles. The summed E-state index contributed by atoms with van der Waals surface area (Å²) in [5, 5.41) is 11.8. The van der Waals surface area contributed by atoms with Gasteiger partial charge in [0.15, 0.2) is 11.5 Å². The van der Waals surface area contributed by atoms with Crippen molar-refractivity contribution in [3.8, 4) is 11.5 Å². The number of carbonyl (C=O) groups excluding carboxylic acids is 1. The topological polar surface area (TPSA) is 90.3 Å². The number of aryl methyl sites for hydroxylation is 1. The molecule has 0 fully saturated rings. The number of nitrogens with one attached hydrogen (secondary N) is 2. The maximum Gasteiger partial charge on any atom is 0.255 e. The Morgan fingerprint density at radius 1 is 1.00 bits per heavy atom. The third-order valence-electron chi connectivity index (χ3n) is 6.77. The standard InChI is InChI=1S/C32H35N5O3S/c1-5-18-41-32-35-31-33-22(4)28(30(38)34-25-14-8-7-9-15-25)29(37(31)36-32)23-16-17-26(27(19-23)39-6-2)40-20-24-13-11-10-12-21(24)3/h7-17,19,29H,5-6,18,20H2,1-4H3,(H,34,38)(H,33,35,36). The van der Waals surface area contributed by atoms with Crippen LogP contribution in [0.1, 0.15) is 49.9 Å². The fourth-order valence-electron chi connectivity index (χ4n) is 4.72. The zero-order valence-corrected chi connectivity index (χ0v) is 24.6. The number of nitrogens with zero attached hydrogens (tertiary/aromatic N) is 3. The van der Waals surface area contributed by atoms with Crippen LogP contribution in [0.4, 0.5) is 11.6 Å². The Balaban J connectivity index is 1.53. The molecule has 8 nitrogen and oxygen atoms in total. The first-order valence-electron chi connectivity index (χ1n) is 13.9. The SMILES string of the molecule is CCCSc1nc2n(n1)C(c1ccc(OCc3ccccc3C)c(OCC)c1)C(C(=O)Nc1ccccc1)=C(C)N2. The number of rotatable bonds is 11. The van der Waals surface area contributed by atoms with Gasteiger partial charge in [-0.15, -0.1) is 5.10 Å². The van der Waals surface area contributed by atoms with Crippen LogP contribution in [0.15, 0.2) is 89.2 Å². The van der Waals surface area contributed by atoms with Crippen molar-refractivity contribution in [2.75, 3.05) is 23.0 Å². The number of benzene rings is 3. The Hall–Kier alpha value is -4.24. The highest BCUT2D eigenvalue weighted by Crippen LogP contribution is 2.40. The first-order valence-corrected chi connectivity index (χ1v) is 14.8. The van der Waals surface area contributed by atoms with Crippen LogP contribution in [0.25, 0.3) is 0 Å². The van der Waals surface area contributed by atoms with E-state index in [1.165, 1.54) is 5.56 Å². The van der Waals surface area contributed by atoms with Crippen molar-refractivity contribution >= 4 is 29.3 Å². The fraction of sp³-hybridized carbons (Fsp3) is 0.281. The number of amides is 1. The van der Waals surface area contributed by atoms with Gasteiger partial charge in [-0.25, -0.2) is 4.68 Å². The monoisotopic (exact) mass is 569 g/mol. The van der Waals surface area contributed by atoms with Crippen molar-refractivity contribution in [2.24, 2.45) is 0 Å². The van der Waals surface area contributed by atoms with Crippen molar-refractivity contribution in [3.63, 3.8) is 0 Å². The van der Waals surface area contributed by atoms with E-state index in [2.05, 4.69) is 36.6 Å². The summed E-state index contributed by atoms with van der Waals surface area (Å²) in [5.41, 5.74) is 5.11. The first-order chi connectivity index (χ1) is 20.0. The molecule has 1 aliphatic rings. The molecule has 2 N–H and O–H groups in total. The van der Waals surface area contributed by atoms with Gasteiger partial charge in [0.2, 0.25) is 11.1 Å². The number of para-hydroxylation sites is 1. The summed E-state index contributed by atoms with van der Waals surface area (Å²) in [6.45, 7) is 8.93. The van der Waals surface area contributed by atoms with Crippen LogP contribution in [0, 0.1) is 6.92 Å². The second kappa shape index (κ2) is 13.0. The number of fused-ring (bicyclic) bond motifs is 1. The molecule has 4 aromatic rings. The van der Waals surface area contributed by atoms with E-state index >= 15 is 0 Å². The lowest BCUT2D eigenvalue weighted by molar-refractivity contribution is -0.113. The molecule has 0 saturated carbocycles. The molecule has 1 amide bonds. The van der Waals surface area contributed by atoms with Gasteiger partial charge in [-0.3, -0.25) is 4.79 Å². The van der Waals surface area contributed by atoms with Crippen molar-refractivity contribution in [3.05, 3.63) is 101 Å². The lowest BCUT2D eigenvalue weighted by atomic mass is 9.94. The Kier molecular flexibility index (Phi) is 8.94. The van der Waals surface area contributed by atoms with E-state index in [4.69, 9.17) is 19.6 Å². The average molecular weight is 570 g/mol. The molecule has 1 unspecified atom stereocenters. The molecular weight excluding hydrogens is 534 g/mol. The molecular formula is C32H35N5O3S. The van der Waals surface area contributed by atoms with Gasteiger partial charge in [0.05, 0.1) is 12.2 Å². The van der Waals surface area contributed by atoms with E-state index in [0.29, 0.717) is 47.1 Å². The number of ether oxygens (including phenoxy) is 2. The Labute approximate surface area is 245 Å². The molecule has 0 saturated heterocycles. The number of hydrogen-bond acceptors (Lipinski definition) is 7. The van der Waals surface area contributed by atoms with E-state index in [1.807, 2.05) is 74.5 Å². The van der Waals surface area contributed by atoms with Crippen LogP contribution in [-0.2, 0) is 11.4 Å². The lowest BCUT2D eigenvalue weighted by Gasteiger charge is -2.29. The smallest absolute Gasteiger partial charge is 0.255 e. The maximum atomic E-state index is 13.8. The van der Waals surface area contributed by atoms with Crippen molar-refractivity contribution < 1.29 is 14.3 Å². The highest BCUT2D eigenvalue weighted by Gasteiger charge is 2.35. The van der Waals surface area contributed by atoms with Gasteiger partial charge in [-0.2, -0.15) is 4.98 Å². The molecule has 0 radical (unpaired) electrons. The van der Waals surface area contributed by atoms with Crippen LogP contribution in [0.3, 0.4) is 0 Å². The molecule has 212 valence electrons. The zero-order valence-electron chi connectivity index (χ0n) is 23.8. The Morgan fingerprint density at radius 3 is 2.54 bits per heavy atom. The summed E-state index contributed by atoms with van der Waals surface area (Å²) in [5.74, 6) is 2.54. The summed E-state index contributed by atoms with van der Waals surface area (Å²) in [6, 6.07) is 22.9. The normalized spacial score (nSPS) is 14.3. The largest absolute Gasteiger partial charge is 0.490 e. The molecule has 0 bridgehead atoms. The summed E-state index contributed by atoms with van der Waals surface area (Å²) in [6.07, 6.45) is 1.01. The van der Waals surface area contributed by atoms with Gasteiger partial charge in [-0.05, 0) is 68.1 Å². The van der Waals surface area contributed by atoms with Crippen LogP contribution in [0.2, 0.25) is 0 Å². The molecule has 2 heterocycles. The molecule has 1 atom stereocenters. The van der Waals surface area contributed by atoms with Gasteiger partial charge in [0.1, 0.15) is 12.6 Å². The van der Waals surface area contributed by atoms with E-state index < -0.39 is 6.04 Å². The molecule has 3 aromatic carbocycles. The minimum absolute atomic E-state index is 0.215. The summed E-state index contributed by atoms with van der Waals surface area (Å²) < 4.78 is 14.1. The van der Waals surface area contributed by atoms with E-state index in [1.54, 1.807) is 16.4 Å². The van der Waals surface area contributed by atoms with Crippen molar-refractivity contribution in [1.82, 2.24) is 14.8 Å². The van der Waals surface area contributed by atoms with Gasteiger partial charge >= 0.3 is 0 Å². The number of aromatic nitrogens is 3. The average Bonchev–Trinajstić information content (AvgIpc) is 3.38. The third-order valence-corrected chi connectivity index (χ3v) is 7.82. The zero-order chi connectivity index (χ0) is 28.8. The molecule has 41 heavy (non-hydrogen) atoms. The maximum absolute atomic E-state index is 13.8. The first kappa shape index (κ1) is 28.3. The number of allylic oxidation sites excluding steroid dienone is 1. The van der Waals surface area contributed by atoms with Crippen molar-refractivity contribution in [2.45, 2.75) is 51.9 Å². The second-order valence-electron chi connectivity index (χ2n) is 9.75. The number of carbonyl (C=O) groups is 1. The fourth-order valence-corrected chi connectivity index (χ4v) is 5.40. The molecule has 9 heteroatoms. The van der Waals surface area contributed by atoms with Crippen molar-refractivity contribution in [1.29, 1.82) is 0 Å². The van der Waals surface area contributed by atoms with Gasteiger partial charge in [-0.1, -0.05) is 67.2 Å². The van der Waals surface area contributed by atoms with Crippen LogP contribution >= 0.6 is 11.8 Å². The lowest BCUT2D eigenvalue weighted by Crippen LogP contribution is -2.31. The van der Waals surface area contributed by atoms with Gasteiger partial charge in [0, 0.05) is 17.1 Å². The van der Waals surface area contributed by atoms with Crippen LogP contribution in [0.5, 0.6) is 11.5 Å². The summed E-state index contributed by atoms with van der Waals surface area (Å²) >= 11 is 1.60. The predicted molar refractivity (Wildman–Crippen MR) is 164 cm³/mol. The van der Waals surface area contributed by atoms with E-state index in [0.717, 1.165) is 29.0 Å². The molecule has 1 aromatic heterocycles. The molecule has 0 spiro atoms. The number of hydrogen-bond donors (Lipinski definition) is 2. The minimum Gasteiger partial charge on any atom is -0.490 e. The number of thioether (sulfide) groups is 1. The second-order valence-corrected chi connectivity index (χ2v) is 10.8. The number of anilines is 2. The minimum atomic E-state index is -0.525. The van der Waals surface area contributed by atoms with Gasteiger partial charge < -0.3 is 20.1 Å². The Morgan fingerprint density at radius 2 is 1.78 bits per heavy atom. The summed E-state index contributed by atoms with van der Waals surface area (Å²) in [7, 11) is 0. The highest BCUT2D eigenvalue weighted by molar-refractivity contribution is 7.99. The van der Waals surface area contributed by atoms with Gasteiger partial charge in [0.25, 0.3) is 5.91 Å². The van der Waals surface area contributed by atoms with Crippen LogP contribution < -0.4 is 20.1 Å². The molecule has 0 aliphatic carbocycles.